The molecule has 0 saturated carbocycles. The molecule has 16 heteroatoms. The molecule has 2 aliphatic rings. The van der Waals surface area contributed by atoms with Crippen LogP contribution in [-0.2, 0) is 19.1 Å². The lowest BCUT2D eigenvalue weighted by Gasteiger charge is -2.29. The smallest absolute Gasteiger partial charge is 0.407 e. The van der Waals surface area contributed by atoms with Crippen LogP contribution >= 0.6 is 22.7 Å². The second-order valence-corrected chi connectivity index (χ2v) is 16.7. The summed E-state index contributed by atoms with van der Waals surface area (Å²) >= 11 is 3.30. The van der Waals surface area contributed by atoms with Crippen LogP contribution in [0, 0.1) is 17.8 Å². The van der Waals surface area contributed by atoms with E-state index in [1.807, 2.05) is 55.1 Å². The quantitative estimate of drug-likeness (QED) is 0.106. The van der Waals surface area contributed by atoms with Gasteiger partial charge in [-0.15, -0.1) is 22.7 Å². The minimum absolute atomic E-state index is 0. The van der Waals surface area contributed by atoms with E-state index in [0.717, 1.165) is 68.6 Å². The summed E-state index contributed by atoms with van der Waals surface area (Å²) in [7, 11) is 2.57. The number of methoxy groups -OCH3 is 2. The fraction of sp³-hybridized carbons (Fsp3) is 0.364. The molecule has 8 rings (SSSR count). The van der Waals surface area contributed by atoms with E-state index in [-0.39, 0.29) is 37.2 Å². The Hall–Kier alpha value is -6.18. The van der Waals surface area contributed by atoms with Crippen LogP contribution in [0.3, 0.4) is 0 Å². The molecule has 0 bridgehead atoms. The standard InChI is InChI=1S/C43H44N8O6S2.CH4/c1-24(2)34(48-42(54)56-3)40(52)51-19-9-13-33(51)39-46-30-17-15-26(20-31(30)47-39)29-23-59-36-27(22-58-37(29)36)14-16-28-21-44-38(45-28)32-12-8-18-50(32)41(53)35(49-43(55)57-4)25-10-6-5-7-11-25;/h5-7,10-11,15,17,20-24,32-35H,8-9,12-13,18-19H2,1-4H3,(H,44,45)(H,46,47)(H,48,54)(H,49,55);1H4/t32-,33-,34-,35+;/m0./s1. The maximum Gasteiger partial charge on any atom is 0.407 e. The molecule has 6 aromatic rings. The molecule has 4 atom stereocenters. The van der Waals surface area contributed by atoms with E-state index in [0.29, 0.717) is 30.2 Å². The number of aromatic nitrogens is 4. The number of carbonyl (C=O) groups excluding carboxylic acids is 4. The summed E-state index contributed by atoms with van der Waals surface area (Å²) in [5.41, 5.74) is 6.09. The first kappa shape index (κ1) is 42.0. The highest BCUT2D eigenvalue weighted by Crippen LogP contribution is 2.41. The van der Waals surface area contributed by atoms with Crippen molar-refractivity contribution in [2.45, 2.75) is 71.1 Å². The highest BCUT2D eigenvalue weighted by Gasteiger charge is 2.39. The maximum atomic E-state index is 13.9. The molecule has 0 aliphatic carbocycles. The van der Waals surface area contributed by atoms with Crippen molar-refractivity contribution in [3.8, 4) is 23.0 Å². The Morgan fingerprint density at radius 1 is 0.833 bits per heavy atom. The first-order chi connectivity index (χ1) is 28.6. The van der Waals surface area contributed by atoms with E-state index in [9.17, 15) is 19.2 Å². The first-order valence-corrected chi connectivity index (χ1v) is 21.3. The summed E-state index contributed by atoms with van der Waals surface area (Å²) in [6.45, 7) is 4.93. The van der Waals surface area contributed by atoms with Crippen molar-refractivity contribution < 1.29 is 28.7 Å². The van der Waals surface area contributed by atoms with Crippen molar-refractivity contribution in [3.05, 3.63) is 94.0 Å². The van der Waals surface area contributed by atoms with Crippen molar-refractivity contribution in [3.63, 3.8) is 0 Å². The van der Waals surface area contributed by atoms with Gasteiger partial charge in [-0.1, -0.05) is 63.6 Å². The molecule has 2 aromatic carbocycles. The summed E-state index contributed by atoms with van der Waals surface area (Å²) in [4.78, 5) is 71.7. The summed E-state index contributed by atoms with van der Waals surface area (Å²) in [5, 5.41) is 9.64. The molecule has 0 radical (unpaired) electrons. The maximum absolute atomic E-state index is 13.9. The molecule has 312 valence electrons. The summed E-state index contributed by atoms with van der Waals surface area (Å²) < 4.78 is 11.8. The fourth-order valence-corrected chi connectivity index (χ4v) is 10.3. The topological polar surface area (TPSA) is 175 Å². The second kappa shape index (κ2) is 18.0. The van der Waals surface area contributed by atoms with Crippen molar-refractivity contribution in [1.82, 2.24) is 40.4 Å². The largest absolute Gasteiger partial charge is 0.453 e. The Morgan fingerprint density at radius 3 is 2.23 bits per heavy atom. The SMILES string of the molecule is C.COC(=O)N[C@H](C(=O)N1CCC[C@H]1c1nc2ccc(-c3csc4c(C#Cc5cnc([C@@H]6CCCN6C(=O)[C@H](NC(=O)OC)c6ccccc6)[nH]5)csc34)cc2[nH]1)C(C)C. The van der Waals surface area contributed by atoms with Crippen LogP contribution in [0.2, 0.25) is 0 Å². The number of H-pyrrole nitrogens is 2. The third-order valence-electron chi connectivity index (χ3n) is 10.9. The van der Waals surface area contributed by atoms with Crippen LogP contribution in [-0.4, -0.2) is 87.1 Å². The molecule has 2 fully saturated rings. The molecular weight excluding hydrogens is 801 g/mol. The number of imidazole rings is 2. The predicted octanol–water partition coefficient (Wildman–Crippen LogP) is 8.07. The number of rotatable bonds is 9. The van der Waals surface area contributed by atoms with Crippen LogP contribution in [0.1, 0.15) is 93.6 Å². The fourth-order valence-electron chi connectivity index (χ4n) is 7.95. The average molecular weight is 849 g/mol. The molecule has 2 aliphatic heterocycles. The Labute approximate surface area is 356 Å². The zero-order valence-corrected chi connectivity index (χ0v) is 34.7. The number of ether oxygens (including phenoxy) is 2. The minimum atomic E-state index is -0.893. The number of amides is 4. The van der Waals surface area contributed by atoms with Gasteiger partial charge in [-0.3, -0.25) is 9.59 Å². The first-order valence-electron chi connectivity index (χ1n) is 19.5. The third kappa shape index (κ3) is 8.32. The lowest BCUT2D eigenvalue weighted by Crippen LogP contribution is -2.51. The number of nitrogens with one attached hydrogen (secondary N) is 4. The number of fused-ring (bicyclic) bond motifs is 2. The number of carbonyl (C=O) groups is 4. The minimum Gasteiger partial charge on any atom is -0.453 e. The third-order valence-corrected chi connectivity index (χ3v) is 13.1. The Balaban J connectivity index is 0.00000544. The van der Waals surface area contributed by atoms with Gasteiger partial charge in [-0.05, 0) is 60.8 Å². The van der Waals surface area contributed by atoms with Crippen LogP contribution in [0.4, 0.5) is 9.59 Å². The molecule has 4 amide bonds. The van der Waals surface area contributed by atoms with E-state index in [4.69, 9.17) is 14.5 Å². The van der Waals surface area contributed by atoms with E-state index >= 15 is 0 Å². The summed E-state index contributed by atoms with van der Waals surface area (Å²) in [5.74, 6) is 7.48. The van der Waals surface area contributed by atoms with Crippen LogP contribution in [0.5, 0.6) is 0 Å². The van der Waals surface area contributed by atoms with Gasteiger partial charge in [0.15, 0.2) is 0 Å². The van der Waals surface area contributed by atoms with E-state index in [1.54, 1.807) is 33.8 Å². The molecule has 14 nitrogen and oxygen atoms in total. The number of benzene rings is 2. The molecule has 0 spiro atoms. The zero-order chi connectivity index (χ0) is 41.2. The van der Waals surface area contributed by atoms with Crippen molar-refractivity contribution in [1.29, 1.82) is 0 Å². The van der Waals surface area contributed by atoms with Gasteiger partial charge in [0.25, 0.3) is 5.91 Å². The number of likely N-dealkylation sites (tertiary alicyclic amines) is 2. The van der Waals surface area contributed by atoms with Gasteiger partial charge in [-0.2, -0.15) is 0 Å². The van der Waals surface area contributed by atoms with E-state index < -0.39 is 24.3 Å². The number of hydrogen-bond donors (Lipinski definition) is 4. The van der Waals surface area contributed by atoms with Crippen LogP contribution < -0.4 is 10.6 Å². The normalized spacial score (nSPS) is 17.2. The predicted molar refractivity (Wildman–Crippen MR) is 232 cm³/mol. The van der Waals surface area contributed by atoms with Gasteiger partial charge in [0.05, 0.1) is 58.5 Å². The van der Waals surface area contributed by atoms with Gasteiger partial charge in [0.1, 0.15) is 29.4 Å². The average Bonchev–Trinajstić information content (AvgIpc) is 4.11. The zero-order valence-electron chi connectivity index (χ0n) is 33.0. The molecule has 60 heavy (non-hydrogen) atoms. The van der Waals surface area contributed by atoms with Crippen molar-refractivity contribution in [2.24, 2.45) is 5.92 Å². The highest BCUT2D eigenvalue weighted by molar-refractivity contribution is 7.27. The number of hydrogen-bond acceptors (Lipinski definition) is 10. The molecule has 4 aromatic heterocycles. The van der Waals surface area contributed by atoms with Crippen LogP contribution in [0.15, 0.2) is 65.5 Å². The monoisotopic (exact) mass is 848 g/mol. The highest BCUT2D eigenvalue weighted by atomic mass is 32.1. The van der Waals surface area contributed by atoms with Gasteiger partial charge in [0.2, 0.25) is 5.91 Å². The number of aromatic amines is 2. The molecular formula is C44H48N8O6S2. The van der Waals surface area contributed by atoms with Crippen molar-refractivity contribution >= 4 is 67.1 Å². The Kier molecular flexibility index (Phi) is 12.6. The van der Waals surface area contributed by atoms with Gasteiger partial charge >= 0.3 is 12.2 Å². The molecule has 4 N–H and O–H groups in total. The van der Waals surface area contributed by atoms with Crippen molar-refractivity contribution in [2.75, 3.05) is 27.3 Å². The van der Waals surface area contributed by atoms with E-state index in [2.05, 4.69) is 60.3 Å². The summed E-state index contributed by atoms with van der Waals surface area (Å²) in [6.07, 6.45) is 3.54. The van der Waals surface area contributed by atoms with Gasteiger partial charge in [-0.25, -0.2) is 19.6 Å². The summed E-state index contributed by atoms with van der Waals surface area (Å²) in [6, 6.07) is 13.2. The van der Waals surface area contributed by atoms with E-state index in [1.165, 1.54) is 14.2 Å². The lowest BCUT2D eigenvalue weighted by atomic mass is 10.0. The lowest BCUT2D eigenvalue weighted by molar-refractivity contribution is -0.135. The Morgan fingerprint density at radius 2 is 1.52 bits per heavy atom. The number of alkyl carbamates (subject to hydrolysis) is 2. The van der Waals surface area contributed by atoms with Gasteiger partial charge < -0.3 is 39.9 Å². The number of thiophene rings is 2. The molecule has 0 unspecified atom stereocenters. The molecule has 6 heterocycles. The Bertz CT molecular complexity index is 2580. The van der Waals surface area contributed by atoms with Crippen LogP contribution in [0.25, 0.3) is 31.6 Å². The second-order valence-electron chi connectivity index (χ2n) is 15.0. The molecule has 2 saturated heterocycles. The number of nitrogens with zero attached hydrogens (tertiary/aromatic N) is 4. The van der Waals surface area contributed by atoms with Gasteiger partial charge in [0, 0.05) is 29.4 Å².